The number of nitrogens with zero attached hydrogens (tertiary/aromatic N) is 2. The highest BCUT2D eigenvalue weighted by Crippen LogP contribution is 2.25. The number of nitrogens with one attached hydrogen (secondary N) is 2. The molecule has 176 valence electrons. The lowest BCUT2D eigenvalue weighted by molar-refractivity contribution is -0.126. The van der Waals surface area contributed by atoms with E-state index in [1.54, 1.807) is 24.3 Å². The number of benzene rings is 1. The van der Waals surface area contributed by atoms with E-state index < -0.39 is 0 Å². The summed E-state index contributed by atoms with van der Waals surface area (Å²) in [5.74, 6) is 0.274. The Hall–Kier alpha value is -2.80. The molecule has 7 heteroatoms. The van der Waals surface area contributed by atoms with Gasteiger partial charge >= 0.3 is 0 Å². The van der Waals surface area contributed by atoms with Crippen molar-refractivity contribution < 1.29 is 14.0 Å². The predicted octanol–water partition coefficient (Wildman–Crippen LogP) is 3.63. The van der Waals surface area contributed by atoms with Crippen LogP contribution in [0.4, 0.5) is 4.39 Å². The summed E-state index contributed by atoms with van der Waals surface area (Å²) in [5.41, 5.74) is 1.78. The van der Waals surface area contributed by atoms with E-state index in [9.17, 15) is 14.0 Å². The minimum absolute atomic E-state index is 0.0362. The summed E-state index contributed by atoms with van der Waals surface area (Å²) in [5, 5.41) is 6.23. The zero-order valence-electron chi connectivity index (χ0n) is 19.2. The maximum atomic E-state index is 13.4. The molecule has 1 aromatic heterocycles. The quantitative estimate of drug-likeness (QED) is 0.673. The topological polar surface area (TPSA) is 74.3 Å². The van der Waals surface area contributed by atoms with Crippen LogP contribution >= 0.6 is 0 Å². The van der Waals surface area contributed by atoms with Gasteiger partial charge in [0, 0.05) is 36.8 Å². The Labute approximate surface area is 195 Å². The van der Waals surface area contributed by atoms with Crippen LogP contribution in [0.1, 0.15) is 49.4 Å². The Bertz CT molecular complexity index is 957. The van der Waals surface area contributed by atoms with E-state index in [4.69, 9.17) is 0 Å². The highest BCUT2D eigenvalue weighted by Gasteiger charge is 2.28. The van der Waals surface area contributed by atoms with Crippen LogP contribution in [0, 0.1) is 17.7 Å². The summed E-state index contributed by atoms with van der Waals surface area (Å²) in [4.78, 5) is 32.0. The van der Waals surface area contributed by atoms with Crippen LogP contribution in [0.3, 0.4) is 0 Å². The van der Waals surface area contributed by atoms with Gasteiger partial charge in [-0.05, 0) is 75.4 Å². The number of aromatic nitrogens is 1. The second-order valence-electron chi connectivity index (χ2n) is 9.26. The number of carbonyl (C=O) groups is 2. The van der Waals surface area contributed by atoms with Gasteiger partial charge in [0.05, 0.1) is 11.3 Å². The number of likely N-dealkylation sites (tertiary alicyclic amines) is 1. The molecule has 1 unspecified atom stereocenters. The van der Waals surface area contributed by atoms with Crippen LogP contribution in [0.2, 0.25) is 0 Å². The maximum Gasteiger partial charge on any atom is 0.253 e. The van der Waals surface area contributed by atoms with Crippen molar-refractivity contribution in [2.45, 2.75) is 45.1 Å². The van der Waals surface area contributed by atoms with Gasteiger partial charge in [-0.25, -0.2) is 4.39 Å². The monoisotopic (exact) mass is 452 g/mol. The fourth-order valence-corrected chi connectivity index (χ4v) is 4.87. The molecule has 2 aliphatic rings. The van der Waals surface area contributed by atoms with Gasteiger partial charge in [0.25, 0.3) is 5.91 Å². The molecule has 1 aliphatic heterocycles. The highest BCUT2D eigenvalue weighted by molar-refractivity contribution is 5.94. The van der Waals surface area contributed by atoms with E-state index in [-0.39, 0.29) is 29.6 Å². The third kappa shape index (κ3) is 6.16. The van der Waals surface area contributed by atoms with E-state index in [0.717, 1.165) is 58.3 Å². The lowest BCUT2D eigenvalue weighted by Gasteiger charge is -2.28. The predicted molar refractivity (Wildman–Crippen MR) is 126 cm³/mol. The van der Waals surface area contributed by atoms with E-state index >= 15 is 0 Å². The average Bonchev–Trinajstić information content (AvgIpc) is 3.31. The zero-order chi connectivity index (χ0) is 23.2. The summed E-state index contributed by atoms with van der Waals surface area (Å²) in [6, 6.07) is 9.74. The molecule has 0 bridgehead atoms. The number of rotatable bonds is 7. The average molecular weight is 453 g/mol. The first kappa shape index (κ1) is 23.4. The Balaban J connectivity index is 1.21. The number of amides is 2. The number of pyridine rings is 1. The second-order valence-corrected chi connectivity index (χ2v) is 9.26. The summed E-state index contributed by atoms with van der Waals surface area (Å²) in [7, 11) is 0. The van der Waals surface area contributed by atoms with Crippen LogP contribution in [-0.4, -0.2) is 53.9 Å². The van der Waals surface area contributed by atoms with Gasteiger partial charge in [-0.15, -0.1) is 0 Å². The summed E-state index contributed by atoms with van der Waals surface area (Å²) < 4.78 is 13.4. The lowest BCUT2D eigenvalue weighted by Crippen LogP contribution is -2.41. The van der Waals surface area contributed by atoms with Crippen LogP contribution in [0.5, 0.6) is 0 Å². The molecule has 0 spiro atoms. The fraction of sp³-hybridized carbons (Fsp3) is 0.500. The smallest absolute Gasteiger partial charge is 0.253 e. The minimum atomic E-state index is -0.318. The molecule has 6 nitrogen and oxygen atoms in total. The molecule has 1 saturated heterocycles. The van der Waals surface area contributed by atoms with Crippen molar-refractivity contribution in [1.29, 1.82) is 0 Å². The fourth-order valence-electron chi connectivity index (χ4n) is 4.87. The van der Waals surface area contributed by atoms with Crippen molar-refractivity contribution in [2.75, 3.05) is 26.2 Å². The van der Waals surface area contributed by atoms with Gasteiger partial charge in [0.2, 0.25) is 5.91 Å². The normalized spacial score (nSPS) is 23.3. The van der Waals surface area contributed by atoms with E-state index in [2.05, 4.69) is 27.4 Å². The molecule has 1 atom stereocenters. The summed E-state index contributed by atoms with van der Waals surface area (Å²) >= 11 is 0. The molecule has 33 heavy (non-hydrogen) atoms. The molecule has 4 rings (SSSR count). The Kier molecular flexibility index (Phi) is 7.70. The molecule has 2 aromatic rings. The molecule has 0 radical (unpaired) electrons. The number of hydrogen-bond acceptors (Lipinski definition) is 4. The maximum absolute atomic E-state index is 13.4. The molecule has 2 heterocycles. The van der Waals surface area contributed by atoms with E-state index in [1.807, 2.05) is 0 Å². The van der Waals surface area contributed by atoms with Crippen LogP contribution in [0.15, 0.2) is 42.6 Å². The largest absolute Gasteiger partial charge is 0.356 e. The lowest BCUT2D eigenvalue weighted by atomic mass is 9.85. The second kappa shape index (κ2) is 10.9. The van der Waals surface area contributed by atoms with Crippen molar-refractivity contribution in [3.05, 3.63) is 54.0 Å². The SMILES string of the molecule is CCN1CCC(CNC(=O)C2CCC(NC(=O)c3ccc(-c4cccc(F)c4)nc3)CC2)C1. The minimum Gasteiger partial charge on any atom is -0.356 e. The Morgan fingerprint density at radius 2 is 1.94 bits per heavy atom. The number of hydrogen-bond donors (Lipinski definition) is 2. The summed E-state index contributed by atoms with van der Waals surface area (Å²) in [6.07, 6.45) is 5.86. The third-order valence-corrected chi connectivity index (χ3v) is 6.96. The highest BCUT2D eigenvalue weighted by atomic mass is 19.1. The van der Waals surface area contributed by atoms with Gasteiger partial charge in [-0.1, -0.05) is 19.1 Å². The standard InChI is InChI=1S/C26H33FN4O2/c1-2-31-13-12-18(17-31)15-29-25(32)19-6-9-23(10-7-19)30-26(33)21-8-11-24(28-16-21)20-4-3-5-22(27)14-20/h3-5,8,11,14,16,18-19,23H,2,6-7,9-10,12-13,15,17H2,1H3,(H,29,32)(H,30,33). The molecule has 2 amide bonds. The Morgan fingerprint density at radius 3 is 2.61 bits per heavy atom. The van der Waals surface area contributed by atoms with Crippen LogP contribution in [0.25, 0.3) is 11.3 Å². The van der Waals surface area contributed by atoms with Gasteiger partial charge in [0.1, 0.15) is 5.82 Å². The zero-order valence-corrected chi connectivity index (χ0v) is 19.2. The first-order valence-corrected chi connectivity index (χ1v) is 12.0. The molecule has 1 saturated carbocycles. The van der Waals surface area contributed by atoms with Gasteiger partial charge in [0.15, 0.2) is 0 Å². The number of halogens is 1. The van der Waals surface area contributed by atoms with Crippen LogP contribution in [-0.2, 0) is 4.79 Å². The van der Waals surface area contributed by atoms with Crippen molar-refractivity contribution >= 4 is 11.8 Å². The number of carbonyl (C=O) groups excluding carboxylic acids is 2. The third-order valence-electron chi connectivity index (χ3n) is 6.96. The van der Waals surface area contributed by atoms with Crippen molar-refractivity contribution in [3.63, 3.8) is 0 Å². The molecule has 1 aromatic carbocycles. The molecule has 2 N–H and O–H groups in total. The van der Waals surface area contributed by atoms with Crippen molar-refractivity contribution in [3.8, 4) is 11.3 Å². The van der Waals surface area contributed by atoms with Crippen molar-refractivity contribution in [2.24, 2.45) is 11.8 Å². The summed E-state index contributed by atoms with van der Waals surface area (Å²) in [6.45, 7) is 6.23. The van der Waals surface area contributed by atoms with E-state index in [0.29, 0.717) is 22.7 Å². The van der Waals surface area contributed by atoms with Gasteiger partial charge in [-0.2, -0.15) is 0 Å². The van der Waals surface area contributed by atoms with Gasteiger partial charge in [-0.3, -0.25) is 14.6 Å². The Morgan fingerprint density at radius 1 is 1.12 bits per heavy atom. The molecular weight excluding hydrogens is 419 g/mol. The van der Waals surface area contributed by atoms with Gasteiger partial charge < -0.3 is 15.5 Å². The molecule has 2 fully saturated rings. The van der Waals surface area contributed by atoms with Crippen LogP contribution < -0.4 is 10.6 Å². The molecular formula is C26H33FN4O2. The first-order chi connectivity index (χ1) is 16.0. The van der Waals surface area contributed by atoms with Crippen molar-refractivity contribution in [1.82, 2.24) is 20.5 Å². The van der Waals surface area contributed by atoms with E-state index in [1.165, 1.54) is 18.3 Å². The molecule has 1 aliphatic carbocycles. The first-order valence-electron chi connectivity index (χ1n) is 12.0.